The predicted molar refractivity (Wildman–Crippen MR) is 80.0 cm³/mol. The number of hydrogen-bond acceptors (Lipinski definition) is 4. The summed E-state index contributed by atoms with van der Waals surface area (Å²) in [5.41, 5.74) is 6.59. The molecule has 112 valence electrons. The molecule has 1 aliphatic carbocycles. The molecule has 0 amide bonds. The van der Waals surface area contributed by atoms with E-state index in [1.165, 1.54) is 13.5 Å². The zero-order valence-corrected chi connectivity index (χ0v) is 12.8. The van der Waals surface area contributed by atoms with Crippen LogP contribution in [0.2, 0.25) is 5.02 Å². The van der Waals surface area contributed by atoms with Crippen molar-refractivity contribution in [1.29, 1.82) is 0 Å². The predicted octanol–water partition coefficient (Wildman–Crippen LogP) is 3.22. The molecule has 0 atom stereocenters. The lowest BCUT2D eigenvalue weighted by molar-refractivity contribution is 0.287. The molecular weight excluding hydrogens is 278 g/mol. The second-order valence-electron chi connectivity index (χ2n) is 5.37. The van der Waals surface area contributed by atoms with Crippen molar-refractivity contribution >= 4 is 11.6 Å². The SMILES string of the molecule is COc1cc(C2(CN)CCCCC2)c(O)c(Cl)c1OC. The molecule has 1 aliphatic rings. The minimum atomic E-state index is -0.217. The van der Waals surface area contributed by atoms with Gasteiger partial charge in [-0.15, -0.1) is 0 Å². The fraction of sp³-hybridized carbons (Fsp3) is 0.600. The molecule has 5 heteroatoms. The Bertz CT molecular complexity index is 484. The zero-order valence-electron chi connectivity index (χ0n) is 12.0. The quantitative estimate of drug-likeness (QED) is 0.896. The van der Waals surface area contributed by atoms with Gasteiger partial charge >= 0.3 is 0 Å². The van der Waals surface area contributed by atoms with E-state index in [9.17, 15) is 5.11 Å². The lowest BCUT2D eigenvalue weighted by atomic mass is 9.69. The van der Waals surface area contributed by atoms with Crippen molar-refractivity contribution in [2.45, 2.75) is 37.5 Å². The standard InChI is InChI=1S/C15H22ClNO3/c1-19-11-8-10(13(18)12(16)14(11)20-2)15(9-17)6-4-3-5-7-15/h8,18H,3-7,9,17H2,1-2H3. The number of phenolic OH excluding ortho intramolecular Hbond substituents is 1. The number of aromatic hydroxyl groups is 1. The second-order valence-corrected chi connectivity index (χ2v) is 5.75. The number of phenols is 1. The Morgan fingerprint density at radius 2 is 1.90 bits per heavy atom. The smallest absolute Gasteiger partial charge is 0.183 e. The van der Waals surface area contributed by atoms with Crippen molar-refractivity contribution < 1.29 is 14.6 Å². The van der Waals surface area contributed by atoms with E-state index in [-0.39, 0.29) is 16.2 Å². The van der Waals surface area contributed by atoms with Crippen LogP contribution < -0.4 is 15.2 Å². The first-order chi connectivity index (χ1) is 9.59. The molecule has 3 N–H and O–H groups in total. The van der Waals surface area contributed by atoms with E-state index in [1.54, 1.807) is 7.11 Å². The van der Waals surface area contributed by atoms with E-state index >= 15 is 0 Å². The summed E-state index contributed by atoms with van der Waals surface area (Å²) in [4.78, 5) is 0. The summed E-state index contributed by atoms with van der Waals surface area (Å²) in [5.74, 6) is 0.957. The monoisotopic (exact) mass is 299 g/mol. The maximum atomic E-state index is 10.5. The first-order valence-electron chi connectivity index (χ1n) is 6.93. The van der Waals surface area contributed by atoms with Gasteiger partial charge in [0.1, 0.15) is 10.8 Å². The first-order valence-corrected chi connectivity index (χ1v) is 7.31. The van der Waals surface area contributed by atoms with Crippen molar-refractivity contribution in [2.24, 2.45) is 5.73 Å². The molecule has 4 nitrogen and oxygen atoms in total. The molecule has 2 rings (SSSR count). The minimum absolute atomic E-state index is 0.0664. The largest absolute Gasteiger partial charge is 0.506 e. The van der Waals surface area contributed by atoms with E-state index in [4.69, 9.17) is 26.8 Å². The van der Waals surface area contributed by atoms with Gasteiger partial charge in [0, 0.05) is 17.5 Å². The van der Waals surface area contributed by atoms with E-state index < -0.39 is 0 Å². The molecular formula is C15H22ClNO3. The van der Waals surface area contributed by atoms with Crippen molar-refractivity contribution in [3.8, 4) is 17.2 Å². The third kappa shape index (κ3) is 2.42. The Balaban J connectivity index is 2.58. The highest BCUT2D eigenvalue weighted by Crippen LogP contribution is 2.50. The topological polar surface area (TPSA) is 64.7 Å². The van der Waals surface area contributed by atoms with Crippen LogP contribution in [0.15, 0.2) is 6.07 Å². The van der Waals surface area contributed by atoms with Gasteiger partial charge in [-0.1, -0.05) is 30.9 Å². The lowest BCUT2D eigenvalue weighted by Gasteiger charge is -2.37. The molecule has 0 unspecified atom stereocenters. The Kier molecular flexibility index (Phi) is 4.66. The molecule has 1 aromatic carbocycles. The molecule has 0 bridgehead atoms. The highest BCUT2D eigenvalue weighted by molar-refractivity contribution is 6.34. The van der Waals surface area contributed by atoms with Gasteiger partial charge in [-0.05, 0) is 18.9 Å². The molecule has 1 fully saturated rings. The lowest BCUT2D eigenvalue weighted by Crippen LogP contribution is -2.37. The molecule has 0 aromatic heterocycles. The average Bonchev–Trinajstić information content (AvgIpc) is 2.50. The fourth-order valence-corrected chi connectivity index (χ4v) is 3.43. The minimum Gasteiger partial charge on any atom is -0.506 e. The molecule has 0 heterocycles. The zero-order chi connectivity index (χ0) is 14.8. The summed E-state index contributed by atoms with van der Waals surface area (Å²) in [5, 5.41) is 10.6. The second kappa shape index (κ2) is 6.10. The molecule has 20 heavy (non-hydrogen) atoms. The van der Waals surface area contributed by atoms with Gasteiger partial charge in [0.05, 0.1) is 14.2 Å². The maximum absolute atomic E-state index is 10.5. The average molecular weight is 300 g/mol. The summed E-state index contributed by atoms with van der Waals surface area (Å²) in [7, 11) is 3.06. The van der Waals surface area contributed by atoms with Gasteiger partial charge in [0.2, 0.25) is 0 Å². The molecule has 1 saturated carbocycles. The van der Waals surface area contributed by atoms with Crippen LogP contribution in [0, 0.1) is 0 Å². The first kappa shape index (κ1) is 15.3. The molecule has 0 aliphatic heterocycles. The van der Waals surface area contributed by atoms with Crippen molar-refractivity contribution in [2.75, 3.05) is 20.8 Å². The van der Waals surface area contributed by atoms with Gasteiger partial charge in [-0.2, -0.15) is 0 Å². The van der Waals surface area contributed by atoms with Crippen LogP contribution in [-0.4, -0.2) is 25.9 Å². The van der Waals surface area contributed by atoms with Crippen LogP contribution in [0.4, 0.5) is 0 Å². The van der Waals surface area contributed by atoms with Gasteiger partial charge in [0.15, 0.2) is 11.5 Å². The third-order valence-corrected chi connectivity index (χ3v) is 4.71. The van der Waals surface area contributed by atoms with E-state index in [0.29, 0.717) is 18.0 Å². The third-order valence-electron chi connectivity index (χ3n) is 4.36. The number of nitrogens with two attached hydrogens (primary N) is 1. The Labute approximate surface area is 124 Å². The number of halogens is 1. The van der Waals surface area contributed by atoms with Crippen LogP contribution in [0.5, 0.6) is 17.2 Å². The summed E-state index contributed by atoms with van der Waals surface area (Å²) in [6.07, 6.45) is 5.36. The Morgan fingerprint density at radius 1 is 1.25 bits per heavy atom. The summed E-state index contributed by atoms with van der Waals surface area (Å²) in [6.45, 7) is 0.492. The highest BCUT2D eigenvalue weighted by Gasteiger charge is 2.37. The van der Waals surface area contributed by atoms with E-state index in [0.717, 1.165) is 31.2 Å². The van der Waals surface area contributed by atoms with Crippen molar-refractivity contribution in [1.82, 2.24) is 0 Å². The molecule has 0 saturated heterocycles. The van der Waals surface area contributed by atoms with Crippen LogP contribution in [0.1, 0.15) is 37.7 Å². The van der Waals surface area contributed by atoms with Crippen LogP contribution in [-0.2, 0) is 5.41 Å². The van der Waals surface area contributed by atoms with E-state index in [1.807, 2.05) is 6.07 Å². The van der Waals surface area contributed by atoms with Crippen molar-refractivity contribution in [3.05, 3.63) is 16.7 Å². The van der Waals surface area contributed by atoms with Crippen LogP contribution >= 0.6 is 11.6 Å². The van der Waals surface area contributed by atoms with Crippen LogP contribution in [0.25, 0.3) is 0 Å². The number of hydrogen-bond donors (Lipinski definition) is 2. The highest BCUT2D eigenvalue weighted by atomic mass is 35.5. The Hall–Kier alpha value is -1.13. The number of benzene rings is 1. The Morgan fingerprint density at radius 3 is 2.40 bits per heavy atom. The summed E-state index contributed by atoms with van der Waals surface area (Å²) < 4.78 is 10.5. The van der Waals surface area contributed by atoms with Gasteiger partial charge in [-0.3, -0.25) is 0 Å². The number of methoxy groups -OCH3 is 2. The molecule has 0 radical (unpaired) electrons. The van der Waals surface area contributed by atoms with E-state index in [2.05, 4.69) is 0 Å². The maximum Gasteiger partial charge on any atom is 0.183 e. The molecule has 0 spiro atoms. The summed E-state index contributed by atoms with van der Waals surface area (Å²) >= 11 is 6.22. The number of ether oxygens (including phenoxy) is 2. The molecule has 1 aromatic rings. The normalized spacial score (nSPS) is 17.8. The number of rotatable bonds is 4. The van der Waals surface area contributed by atoms with Gasteiger partial charge in [-0.25, -0.2) is 0 Å². The van der Waals surface area contributed by atoms with Crippen LogP contribution in [0.3, 0.4) is 0 Å². The van der Waals surface area contributed by atoms with Gasteiger partial charge < -0.3 is 20.3 Å². The van der Waals surface area contributed by atoms with Gasteiger partial charge in [0.25, 0.3) is 0 Å². The fourth-order valence-electron chi connectivity index (χ4n) is 3.16. The summed E-state index contributed by atoms with van der Waals surface area (Å²) in [6, 6.07) is 1.82. The van der Waals surface area contributed by atoms with Crippen molar-refractivity contribution in [3.63, 3.8) is 0 Å².